The van der Waals surface area contributed by atoms with E-state index >= 15 is 0 Å². The van der Waals surface area contributed by atoms with Gasteiger partial charge in [-0.2, -0.15) is 0 Å². The number of benzene rings is 1. The molecule has 7 heteroatoms. The molecule has 0 aliphatic rings. The molecule has 6 nitrogen and oxygen atoms in total. The summed E-state index contributed by atoms with van der Waals surface area (Å²) in [6.45, 7) is 0.424. The van der Waals surface area contributed by atoms with Crippen molar-refractivity contribution in [2.75, 3.05) is 26.4 Å². The quantitative estimate of drug-likeness (QED) is 0.765. The molecule has 0 aliphatic heterocycles. The zero-order valence-corrected chi connectivity index (χ0v) is 14.2. The van der Waals surface area contributed by atoms with Crippen LogP contribution in [-0.2, 0) is 9.84 Å². The molecule has 0 atom stereocenters. The molecular formula is C17H18N2O4S. The van der Waals surface area contributed by atoms with Gasteiger partial charge in [-0.15, -0.1) is 0 Å². The highest BCUT2D eigenvalue weighted by atomic mass is 32.2. The molecule has 2 heterocycles. The van der Waals surface area contributed by atoms with E-state index in [0.29, 0.717) is 23.0 Å². The number of pyridine rings is 1. The first-order chi connectivity index (χ1) is 11.3. The molecule has 0 bridgehead atoms. The van der Waals surface area contributed by atoms with Gasteiger partial charge in [0.05, 0.1) is 27.2 Å². The van der Waals surface area contributed by atoms with Gasteiger partial charge in [0.25, 0.3) is 0 Å². The van der Waals surface area contributed by atoms with Crippen molar-refractivity contribution in [3.63, 3.8) is 0 Å². The summed E-state index contributed by atoms with van der Waals surface area (Å²) in [5.41, 5.74) is 1.34. The molecule has 3 rings (SSSR count). The van der Waals surface area contributed by atoms with E-state index in [1.807, 2.05) is 19.0 Å². The minimum absolute atomic E-state index is 0.0104. The van der Waals surface area contributed by atoms with E-state index in [4.69, 9.17) is 0 Å². The molecular weight excluding hydrogens is 328 g/mol. The largest absolute Gasteiger partial charge is 0.478 e. The van der Waals surface area contributed by atoms with Gasteiger partial charge in [-0.3, -0.25) is 0 Å². The molecule has 1 aromatic carbocycles. The maximum atomic E-state index is 12.5. The molecule has 0 unspecified atom stereocenters. The van der Waals surface area contributed by atoms with Gasteiger partial charge in [0.15, 0.2) is 9.84 Å². The third-order valence-corrected chi connectivity index (χ3v) is 5.67. The second-order valence-electron chi connectivity index (χ2n) is 5.94. The number of carboxylic acid groups (broad SMARTS) is 1. The number of carbonyl (C=O) groups is 1. The zero-order valence-electron chi connectivity index (χ0n) is 13.4. The number of aromatic carboxylic acids is 1. The molecule has 0 radical (unpaired) electrons. The number of para-hydroxylation sites is 1. The van der Waals surface area contributed by atoms with Crippen molar-refractivity contribution < 1.29 is 18.3 Å². The van der Waals surface area contributed by atoms with Crippen LogP contribution in [-0.4, -0.2) is 55.2 Å². The Morgan fingerprint density at radius 2 is 1.83 bits per heavy atom. The fourth-order valence-electron chi connectivity index (χ4n) is 2.75. The Kier molecular flexibility index (Phi) is 4.06. The van der Waals surface area contributed by atoms with E-state index in [1.54, 1.807) is 34.7 Å². The second kappa shape index (κ2) is 5.92. The number of nitrogens with zero attached hydrogens (tertiary/aromatic N) is 2. The van der Waals surface area contributed by atoms with Gasteiger partial charge in [0, 0.05) is 18.1 Å². The van der Waals surface area contributed by atoms with Gasteiger partial charge in [0.2, 0.25) is 0 Å². The zero-order chi connectivity index (χ0) is 17.5. The lowest BCUT2D eigenvalue weighted by Crippen LogP contribution is -2.22. The van der Waals surface area contributed by atoms with Crippen molar-refractivity contribution in [1.82, 2.24) is 9.30 Å². The van der Waals surface area contributed by atoms with Crippen molar-refractivity contribution in [2.45, 2.75) is 4.90 Å². The average Bonchev–Trinajstić information content (AvgIpc) is 2.87. The molecule has 24 heavy (non-hydrogen) atoms. The number of carboxylic acids is 1. The molecule has 2 aromatic heterocycles. The Morgan fingerprint density at radius 1 is 1.12 bits per heavy atom. The Hall–Kier alpha value is -2.38. The minimum atomic E-state index is -3.44. The van der Waals surface area contributed by atoms with E-state index < -0.39 is 15.8 Å². The standard InChI is InChI=1S/C17H18N2O4S/c1-18(2)9-10-24(22,23)12-7-8-15-16(17(20)21)13-5-3-4-6-14(13)19(15)11-12/h3-8,11H,9-10H2,1-2H3,(H,20,21). The Bertz CT molecular complexity index is 1040. The number of rotatable bonds is 5. The monoisotopic (exact) mass is 346 g/mol. The maximum Gasteiger partial charge on any atom is 0.338 e. The Balaban J connectivity index is 2.22. The summed E-state index contributed by atoms with van der Waals surface area (Å²) in [6.07, 6.45) is 1.51. The van der Waals surface area contributed by atoms with Gasteiger partial charge >= 0.3 is 5.97 Å². The third-order valence-electron chi connectivity index (χ3n) is 3.99. The van der Waals surface area contributed by atoms with Crippen LogP contribution in [0.25, 0.3) is 16.4 Å². The number of hydrogen-bond acceptors (Lipinski definition) is 4. The summed E-state index contributed by atoms with van der Waals surface area (Å²) in [5.74, 6) is -1.02. The van der Waals surface area contributed by atoms with Crippen LogP contribution in [0.1, 0.15) is 10.4 Å². The summed E-state index contributed by atoms with van der Waals surface area (Å²) in [6, 6.07) is 10.1. The van der Waals surface area contributed by atoms with E-state index in [2.05, 4.69) is 0 Å². The molecule has 3 aromatic rings. The van der Waals surface area contributed by atoms with Gasteiger partial charge in [-0.1, -0.05) is 18.2 Å². The van der Waals surface area contributed by atoms with Crippen molar-refractivity contribution in [2.24, 2.45) is 0 Å². The molecule has 0 amide bonds. The van der Waals surface area contributed by atoms with Crippen molar-refractivity contribution in [1.29, 1.82) is 0 Å². The predicted molar refractivity (Wildman–Crippen MR) is 92.5 cm³/mol. The topological polar surface area (TPSA) is 79.1 Å². The van der Waals surface area contributed by atoms with Crippen molar-refractivity contribution in [3.05, 3.63) is 48.2 Å². The first-order valence-electron chi connectivity index (χ1n) is 7.45. The SMILES string of the molecule is CN(C)CCS(=O)(=O)c1ccc2c(C(=O)O)c3ccccc3n2c1. The third kappa shape index (κ3) is 2.76. The van der Waals surface area contributed by atoms with Crippen molar-refractivity contribution >= 4 is 32.2 Å². The van der Waals surface area contributed by atoms with Crippen LogP contribution in [0.2, 0.25) is 0 Å². The molecule has 0 spiro atoms. The fourth-order valence-corrected chi connectivity index (χ4v) is 4.13. The smallest absolute Gasteiger partial charge is 0.338 e. The number of aromatic nitrogens is 1. The number of sulfone groups is 1. The predicted octanol–water partition coefficient (Wildman–Crippen LogP) is 2.13. The number of fused-ring (bicyclic) bond motifs is 3. The molecule has 126 valence electrons. The molecule has 1 N–H and O–H groups in total. The van der Waals surface area contributed by atoms with Crippen LogP contribution in [0.5, 0.6) is 0 Å². The number of hydrogen-bond donors (Lipinski definition) is 1. The normalized spacial score (nSPS) is 12.3. The van der Waals surface area contributed by atoms with E-state index in [9.17, 15) is 18.3 Å². The van der Waals surface area contributed by atoms with E-state index in [-0.39, 0.29) is 16.2 Å². The van der Waals surface area contributed by atoms with E-state index in [1.165, 1.54) is 12.3 Å². The molecule has 0 aliphatic carbocycles. The first kappa shape index (κ1) is 16.5. The lowest BCUT2D eigenvalue weighted by Gasteiger charge is -2.10. The van der Waals surface area contributed by atoms with Gasteiger partial charge < -0.3 is 14.4 Å². The lowest BCUT2D eigenvalue weighted by atomic mass is 10.1. The summed E-state index contributed by atoms with van der Waals surface area (Å²) in [5, 5.41) is 10.1. The van der Waals surface area contributed by atoms with Crippen LogP contribution in [0, 0.1) is 0 Å². The maximum absolute atomic E-state index is 12.5. The second-order valence-corrected chi connectivity index (χ2v) is 8.05. The highest BCUT2D eigenvalue weighted by molar-refractivity contribution is 7.91. The van der Waals surface area contributed by atoms with Crippen LogP contribution in [0.15, 0.2) is 47.5 Å². The van der Waals surface area contributed by atoms with Gasteiger partial charge in [-0.25, -0.2) is 13.2 Å². The summed E-state index contributed by atoms with van der Waals surface area (Å²) in [4.78, 5) is 13.6. The fraction of sp³-hybridized carbons (Fsp3) is 0.235. The highest BCUT2D eigenvalue weighted by Gasteiger charge is 2.20. The average molecular weight is 346 g/mol. The van der Waals surface area contributed by atoms with Gasteiger partial charge in [0.1, 0.15) is 0 Å². The van der Waals surface area contributed by atoms with Crippen molar-refractivity contribution in [3.8, 4) is 0 Å². The highest BCUT2D eigenvalue weighted by Crippen LogP contribution is 2.28. The van der Waals surface area contributed by atoms with Gasteiger partial charge in [-0.05, 0) is 32.3 Å². The summed E-state index contributed by atoms with van der Waals surface area (Å²) < 4.78 is 26.6. The van der Waals surface area contributed by atoms with Crippen LogP contribution in [0.3, 0.4) is 0 Å². The molecule has 0 fully saturated rings. The van der Waals surface area contributed by atoms with Crippen LogP contribution < -0.4 is 0 Å². The summed E-state index contributed by atoms with van der Waals surface area (Å²) in [7, 11) is 0.197. The first-order valence-corrected chi connectivity index (χ1v) is 9.10. The Labute approximate surface area is 139 Å². The molecule has 0 saturated heterocycles. The summed E-state index contributed by atoms with van der Waals surface area (Å²) >= 11 is 0. The van der Waals surface area contributed by atoms with Crippen LogP contribution in [0.4, 0.5) is 0 Å². The van der Waals surface area contributed by atoms with Crippen LogP contribution >= 0.6 is 0 Å². The lowest BCUT2D eigenvalue weighted by molar-refractivity contribution is 0.0701. The Morgan fingerprint density at radius 3 is 2.50 bits per heavy atom. The molecule has 0 saturated carbocycles. The van der Waals surface area contributed by atoms with E-state index in [0.717, 1.165) is 0 Å². The minimum Gasteiger partial charge on any atom is -0.478 e.